The van der Waals surface area contributed by atoms with Crippen molar-refractivity contribution in [2.45, 2.75) is 32.4 Å². The highest BCUT2D eigenvalue weighted by atomic mass is 19.4. The van der Waals surface area contributed by atoms with E-state index in [2.05, 4.69) is 5.32 Å². The Balaban J connectivity index is 1.81. The van der Waals surface area contributed by atoms with Crippen LogP contribution in [0.25, 0.3) is 0 Å². The molecule has 1 N–H and O–H groups in total. The van der Waals surface area contributed by atoms with Crippen LogP contribution in [0.2, 0.25) is 0 Å². The number of cyclic esters (lactones) is 1. The molecular formula is C25H22F3NO4. The van der Waals surface area contributed by atoms with E-state index in [1.807, 2.05) is 0 Å². The zero-order valence-electron chi connectivity index (χ0n) is 18.1. The molecule has 8 heteroatoms. The van der Waals surface area contributed by atoms with Gasteiger partial charge in [0.1, 0.15) is 6.61 Å². The molecule has 1 unspecified atom stereocenters. The summed E-state index contributed by atoms with van der Waals surface area (Å²) < 4.78 is 50.1. The Morgan fingerprint density at radius 2 is 1.94 bits per heavy atom. The minimum atomic E-state index is -4.45. The second-order valence-corrected chi connectivity index (χ2v) is 7.86. The Labute approximate surface area is 188 Å². The highest BCUT2D eigenvalue weighted by Gasteiger charge is 2.42. The van der Waals surface area contributed by atoms with Crippen LogP contribution in [0.15, 0.2) is 71.1 Å². The van der Waals surface area contributed by atoms with Gasteiger partial charge < -0.3 is 14.8 Å². The average molecular weight is 457 g/mol. The van der Waals surface area contributed by atoms with E-state index in [0.717, 1.165) is 12.1 Å². The molecular weight excluding hydrogens is 435 g/mol. The van der Waals surface area contributed by atoms with Crippen LogP contribution in [0, 0.1) is 0 Å². The van der Waals surface area contributed by atoms with Crippen LogP contribution >= 0.6 is 0 Å². The predicted octanol–water partition coefficient (Wildman–Crippen LogP) is 4.63. The Kier molecular flexibility index (Phi) is 6.01. The van der Waals surface area contributed by atoms with Crippen LogP contribution in [-0.2, 0) is 31.7 Å². The second kappa shape index (κ2) is 8.77. The van der Waals surface area contributed by atoms with Crippen molar-refractivity contribution in [1.82, 2.24) is 5.32 Å². The van der Waals surface area contributed by atoms with Crippen molar-refractivity contribution in [3.05, 3.63) is 93.3 Å². The third kappa shape index (κ3) is 4.37. The molecule has 1 atom stereocenters. The van der Waals surface area contributed by atoms with Gasteiger partial charge in [0.25, 0.3) is 0 Å². The zero-order valence-corrected chi connectivity index (χ0v) is 18.1. The average Bonchev–Trinajstić information content (AvgIpc) is 3.13. The van der Waals surface area contributed by atoms with E-state index >= 15 is 0 Å². The van der Waals surface area contributed by atoms with Crippen molar-refractivity contribution >= 4 is 11.9 Å². The van der Waals surface area contributed by atoms with E-state index in [-0.39, 0.29) is 25.2 Å². The highest BCUT2D eigenvalue weighted by Crippen LogP contribution is 2.43. The largest absolute Gasteiger partial charge is 0.463 e. The molecule has 0 aromatic heterocycles. The lowest BCUT2D eigenvalue weighted by atomic mass is 9.78. The topological polar surface area (TPSA) is 64.6 Å². The summed E-state index contributed by atoms with van der Waals surface area (Å²) in [6, 6.07) is 12.2. The van der Waals surface area contributed by atoms with E-state index in [0.29, 0.717) is 33.7 Å². The number of allylic oxidation sites excluding steroid dienone is 1. The first-order valence-electron chi connectivity index (χ1n) is 10.5. The molecule has 4 rings (SSSR count). The molecule has 0 aliphatic carbocycles. The fourth-order valence-corrected chi connectivity index (χ4v) is 4.31. The number of benzene rings is 2. The Morgan fingerprint density at radius 1 is 1.18 bits per heavy atom. The SMILES string of the molecule is CCOC(=O)C1=C(C)NC2=C(C(=O)OC2)C1c1ccccc1Cc1cccc(C(F)(F)F)c1. The summed E-state index contributed by atoms with van der Waals surface area (Å²) in [5, 5.41) is 3.08. The molecule has 0 fully saturated rings. The lowest BCUT2D eigenvalue weighted by Crippen LogP contribution is -2.30. The summed E-state index contributed by atoms with van der Waals surface area (Å²) in [5.41, 5.74) is 2.80. The molecule has 2 aromatic rings. The number of hydrogen-bond donors (Lipinski definition) is 1. The standard InChI is InChI=1S/C25H22F3NO4/c1-3-32-23(30)20-14(2)29-19-13-33-24(31)22(19)21(20)18-10-5-4-8-16(18)11-15-7-6-9-17(12-15)25(26,27)28/h4-10,12,21,29H,3,11,13H2,1-2H3. The van der Waals surface area contributed by atoms with Crippen molar-refractivity contribution in [1.29, 1.82) is 0 Å². The van der Waals surface area contributed by atoms with Gasteiger partial charge >= 0.3 is 18.1 Å². The van der Waals surface area contributed by atoms with Crippen LogP contribution in [0.3, 0.4) is 0 Å². The molecule has 0 radical (unpaired) electrons. The number of rotatable bonds is 5. The molecule has 2 aliphatic rings. The Hall–Kier alpha value is -3.55. The fourth-order valence-electron chi connectivity index (χ4n) is 4.31. The maximum atomic E-state index is 13.2. The van der Waals surface area contributed by atoms with Crippen LogP contribution in [0.5, 0.6) is 0 Å². The monoisotopic (exact) mass is 457 g/mol. The first kappa shape index (κ1) is 22.6. The number of ether oxygens (including phenoxy) is 2. The Morgan fingerprint density at radius 3 is 2.67 bits per heavy atom. The van der Waals surface area contributed by atoms with Crippen LogP contribution in [0.4, 0.5) is 13.2 Å². The maximum Gasteiger partial charge on any atom is 0.416 e. The molecule has 5 nitrogen and oxygen atoms in total. The molecule has 0 saturated heterocycles. The van der Waals surface area contributed by atoms with Gasteiger partial charge in [0.05, 0.1) is 34.9 Å². The summed E-state index contributed by atoms with van der Waals surface area (Å²) in [7, 11) is 0. The highest BCUT2D eigenvalue weighted by molar-refractivity contribution is 6.01. The number of esters is 2. The van der Waals surface area contributed by atoms with Gasteiger partial charge in [0.2, 0.25) is 0 Å². The number of carbonyl (C=O) groups excluding carboxylic acids is 2. The Bertz CT molecular complexity index is 1180. The van der Waals surface area contributed by atoms with Gasteiger partial charge in [-0.1, -0.05) is 42.5 Å². The molecule has 33 heavy (non-hydrogen) atoms. The van der Waals surface area contributed by atoms with Gasteiger partial charge in [-0.15, -0.1) is 0 Å². The second-order valence-electron chi connectivity index (χ2n) is 7.86. The van der Waals surface area contributed by atoms with E-state index in [1.165, 1.54) is 6.07 Å². The van der Waals surface area contributed by atoms with Gasteiger partial charge in [0.15, 0.2) is 0 Å². The summed E-state index contributed by atoms with van der Waals surface area (Å²) in [5.74, 6) is -1.85. The van der Waals surface area contributed by atoms with E-state index in [1.54, 1.807) is 44.2 Å². The number of alkyl halides is 3. The smallest absolute Gasteiger partial charge is 0.416 e. The first-order valence-corrected chi connectivity index (χ1v) is 10.5. The number of dihydropyridines is 1. The maximum absolute atomic E-state index is 13.2. The first-order chi connectivity index (χ1) is 15.7. The van der Waals surface area contributed by atoms with Crippen molar-refractivity contribution in [2.24, 2.45) is 0 Å². The molecule has 0 bridgehead atoms. The summed E-state index contributed by atoms with van der Waals surface area (Å²) in [6.07, 6.45) is -4.26. The quantitative estimate of drug-likeness (QED) is 0.664. The van der Waals surface area contributed by atoms with Crippen molar-refractivity contribution in [3.8, 4) is 0 Å². The van der Waals surface area contributed by atoms with Crippen molar-refractivity contribution in [3.63, 3.8) is 0 Å². The molecule has 0 spiro atoms. The van der Waals surface area contributed by atoms with E-state index in [9.17, 15) is 22.8 Å². The molecule has 0 amide bonds. The van der Waals surface area contributed by atoms with Gasteiger partial charge in [-0.3, -0.25) is 0 Å². The third-order valence-electron chi connectivity index (χ3n) is 5.72. The van der Waals surface area contributed by atoms with Crippen LogP contribution in [0.1, 0.15) is 42.0 Å². The molecule has 2 heterocycles. The summed E-state index contributed by atoms with van der Waals surface area (Å²) >= 11 is 0. The van der Waals surface area contributed by atoms with Crippen molar-refractivity contribution in [2.75, 3.05) is 13.2 Å². The summed E-state index contributed by atoms with van der Waals surface area (Å²) in [6.45, 7) is 3.63. The molecule has 172 valence electrons. The van der Waals surface area contributed by atoms with E-state index < -0.39 is 29.6 Å². The predicted molar refractivity (Wildman–Crippen MR) is 114 cm³/mol. The minimum Gasteiger partial charge on any atom is -0.463 e. The van der Waals surface area contributed by atoms with Crippen molar-refractivity contribution < 1.29 is 32.2 Å². The van der Waals surface area contributed by atoms with E-state index in [4.69, 9.17) is 9.47 Å². The van der Waals surface area contributed by atoms with Gasteiger partial charge in [-0.2, -0.15) is 13.2 Å². The lowest BCUT2D eigenvalue weighted by Gasteiger charge is -2.29. The molecule has 0 saturated carbocycles. The number of carbonyl (C=O) groups is 2. The number of nitrogens with one attached hydrogen (secondary N) is 1. The zero-order chi connectivity index (χ0) is 23.8. The van der Waals surface area contributed by atoms with Crippen LogP contribution in [-0.4, -0.2) is 25.2 Å². The normalized spacial score (nSPS) is 18.1. The summed E-state index contributed by atoms with van der Waals surface area (Å²) in [4.78, 5) is 25.5. The number of halogens is 3. The molecule has 2 aliphatic heterocycles. The third-order valence-corrected chi connectivity index (χ3v) is 5.72. The molecule has 2 aromatic carbocycles. The lowest BCUT2D eigenvalue weighted by molar-refractivity contribution is -0.139. The van der Waals surface area contributed by atoms with Crippen LogP contribution < -0.4 is 5.32 Å². The van der Waals surface area contributed by atoms with Gasteiger partial charge in [-0.25, -0.2) is 9.59 Å². The number of hydrogen-bond acceptors (Lipinski definition) is 5. The van der Waals surface area contributed by atoms with Gasteiger partial charge in [0, 0.05) is 5.70 Å². The fraction of sp³-hybridized carbons (Fsp3) is 0.280. The van der Waals surface area contributed by atoms with Gasteiger partial charge in [-0.05, 0) is 43.0 Å². The minimum absolute atomic E-state index is 0.0634.